The largest absolute Gasteiger partial charge is 0.489 e. The Morgan fingerprint density at radius 3 is 2.18 bits per heavy atom. The molecule has 0 radical (unpaired) electrons. The maximum absolute atomic E-state index is 14.1. The van der Waals surface area contributed by atoms with Gasteiger partial charge >= 0.3 is 11.9 Å². The third-order valence-corrected chi connectivity index (χ3v) is 7.58. The molecule has 4 aromatic rings. The van der Waals surface area contributed by atoms with Crippen molar-refractivity contribution in [1.82, 2.24) is 0 Å². The van der Waals surface area contributed by atoms with E-state index in [2.05, 4.69) is 0 Å². The van der Waals surface area contributed by atoms with Crippen molar-refractivity contribution < 1.29 is 37.7 Å². The summed E-state index contributed by atoms with van der Waals surface area (Å²) in [6, 6.07) is 20.8. The van der Waals surface area contributed by atoms with Gasteiger partial charge in [-0.2, -0.15) is 0 Å². The van der Waals surface area contributed by atoms with E-state index in [4.69, 9.17) is 28.1 Å². The molecule has 5 rings (SSSR count). The van der Waals surface area contributed by atoms with Gasteiger partial charge in [0.25, 0.3) is 0 Å². The lowest BCUT2D eigenvalue weighted by Crippen LogP contribution is -2.57. The van der Waals surface area contributed by atoms with E-state index in [-0.39, 0.29) is 16.9 Å². The third-order valence-electron chi connectivity index (χ3n) is 7.58. The second kappa shape index (κ2) is 12.9. The molecule has 0 bridgehead atoms. The first-order valence-corrected chi connectivity index (χ1v) is 14.5. The third kappa shape index (κ3) is 6.63. The highest BCUT2D eigenvalue weighted by Gasteiger charge is 2.47. The minimum atomic E-state index is -1.03. The molecule has 1 saturated heterocycles. The van der Waals surface area contributed by atoms with Crippen molar-refractivity contribution in [2.24, 2.45) is 5.92 Å². The Kier molecular flexibility index (Phi) is 9.06. The molecule has 5 atom stereocenters. The van der Waals surface area contributed by atoms with Crippen LogP contribution in [0.1, 0.15) is 44.4 Å². The Bertz CT molecular complexity index is 1710. The summed E-state index contributed by atoms with van der Waals surface area (Å²) in [5.41, 5.74) is 3.39. The zero-order chi connectivity index (χ0) is 31.5. The van der Waals surface area contributed by atoms with Crippen LogP contribution in [0.15, 0.2) is 75.9 Å². The number of aryl methyl sites for hydroxylation is 2. The fraction of sp³-hybridized carbons (Fsp3) is 0.343. The molecular formula is C35H36O9. The lowest BCUT2D eigenvalue weighted by atomic mass is 9.92. The van der Waals surface area contributed by atoms with Crippen molar-refractivity contribution in [3.05, 3.63) is 93.6 Å². The van der Waals surface area contributed by atoms with Crippen molar-refractivity contribution in [2.75, 3.05) is 0 Å². The summed E-state index contributed by atoms with van der Waals surface area (Å²) < 4.78 is 35.9. The Labute approximate surface area is 255 Å². The van der Waals surface area contributed by atoms with Crippen LogP contribution in [0.4, 0.5) is 0 Å². The van der Waals surface area contributed by atoms with E-state index in [0.29, 0.717) is 28.9 Å². The number of benzene rings is 3. The SMILES string of the molecule is CC(=O)OC1C(C)OC(Oc2c(-c3ccc(OCc4ccccc4)cc3)oc3cc(C)cc(C)c3c2=O)C(C)C1OC(C)=O. The molecule has 5 unspecified atom stereocenters. The molecule has 0 saturated carbocycles. The molecule has 9 nitrogen and oxygen atoms in total. The van der Waals surface area contributed by atoms with Crippen LogP contribution >= 0.6 is 0 Å². The van der Waals surface area contributed by atoms with Crippen molar-refractivity contribution >= 4 is 22.9 Å². The quantitative estimate of drug-likeness (QED) is 0.216. The first-order valence-electron chi connectivity index (χ1n) is 14.5. The van der Waals surface area contributed by atoms with Crippen LogP contribution in [0.25, 0.3) is 22.3 Å². The van der Waals surface area contributed by atoms with E-state index in [1.165, 1.54) is 13.8 Å². The zero-order valence-corrected chi connectivity index (χ0v) is 25.6. The first-order chi connectivity index (χ1) is 21.0. The topological polar surface area (TPSA) is 111 Å². The number of carbonyl (C=O) groups excluding carboxylic acids is 2. The number of hydrogen-bond donors (Lipinski definition) is 0. The number of fused-ring (bicyclic) bond motifs is 1. The van der Waals surface area contributed by atoms with Gasteiger partial charge in [0.1, 0.15) is 24.0 Å². The maximum Gasteiger partial charge on any atom is 0.303 e. The number of hydrogen-bond acceptors (Lipinski definition) is 9. The lowest BCUT2D eigenvalue weighted by molar-refractivity contribution is -0.257. The van der Waals surface area contributed by atoms with Crippen LogP contribution in [-0.2, 0) is 30.4 Å². The van der Waals surface area contributed by atoms with Gasteiger partial charge < -0.3 is 28.1 Å². The van der Waals surface area contributed by atoms with Crippen LogP contribution in [-0.4, -0.2) is 36.5 Å². The molecule has 2 heterocycles. The van der Waals surface area contributed by atoms with Crippen molar-refractivity contribution in [3.8, 4) is 22.8 Å². The highest BCUT2D eigenvalue weighted by atomic mass is 16.7. The summed E-state index contributed by atoms with van der Waals surface area (Å²) in [6.07, 6.45) is -3.45. The molecule has 44 heavy (non-hydrogen) atoms. The van der Waals surface area contributed by atoms with Crippen LogP contribution < -0.4 is 14.9 Å². The molecule has 0 amide bonds. The monoisotopic (exact) mass is 600 g/mol. The molecule has 3 aromatic carbocycles. The summed E-state index contributed by atoms with van der Waals surface area (Å²) in [6.45, 7) is 10.2. The number of carbonyl (C=O) groups is 2. The Hall–Kier alpha value is -4.63. The lowest BCUT2D eigenvalue weighted by Gasteiger charge is -2.42. The average molecular weight is 601 g/mol. The Morgan fingerprint density at radius 1 is 0.864 bits per heavy atom. The Balaban J connectivity index is 1.53. The van der Waals surface area contributed by atoms with Gasteiger partial charge in [-0.05, 0) is 67.8 Å². The van der Waals surface area contributed by atoms with E-state index in [1.807, 2.05) is 56.3 Å². The zero-order valence-electron chi connectivity index (χ0n) is 25.6. The standard InChI is InChI=1S/C35H36O9/c1-19-16-20(2)29-28(17-19)43-33(26-12-14-27(15-13-26)39-18-25-10-8-7-9-11-25)34(30(29)38)44-35-21(3)31(41-23(5)36)32(22(4)40-35)42-24(6)37/h7-17,21-22,31-32,35H,18H2,1-6H3. The fourth-order valence-electron chi connectivity index (χ4n) is 5.52. The van der Waals surface area contributed by atoms with Crippen molar-refractivity contribution in [1.29, 1.82) is 0 Å². The summed E-state index contributed by atoms with van der Waals surface area (Å²) in [7, 11) is 0. The molecule has 0 aliphatic carbocycles. The van der Waals surface area contributed by atoms with Crippen LogP contribution in [0.2, 0.25) is 0 Å². The van der Waals surface area contributed by atoms with E-state index in [0.717, 1.165) is 16.7 Å². The molecule has 1 aromatic heterocycles. The average Bonchev–Trinajstić information content (AvgIpc) is 2.97. The van der Waals surface area contributed by atoms with Gasteiger partial charge in [-0.3, -0.25) is 14.4 Å². The number of esters is 2. The summed E-state index contributed by atoms with van der Waals surface area (Å²) in [4.78, 5) is 37.9. The second-order valence-electron chi connectivity index (χ2n) is 11.2. The van der Waals surface area contributed by atoms with Gasteiger partial charge in [-0.25, -0.2) is 0 Å². The highest BCUT2D eigenvalue weighted by molar-refractivity contribution is 5.85. The molecule has 1 fully saturated rings. The van der Waals surface area contributed by atoms with Gasteiger partial charge in [-0.15, -0.1) is 0 Å². The van der Waals surface area contributed by atoms with E-state index < -0.39 is 42.5 Å². The molecule has 1 aliphatic heterocycles. The second-order valence-corrected chi connectivity index (χ2v) is 11.2. The van der Waals surface area contributed by atoms with E-state index in [1.54, 1.807) is 38.1 Å². The molecule has 1 aliphatic rings. The summed E-state index contributed by atoms with van der Waals surface area (Å²) in [5, 5.41) is 0.392. The maximum atomic E-state index is 14.1. The number of rotatable bonds is 8. The normalized spacial score (nSPS) is 21.5. The number of ether oxygens (including phenoxy) is 5. The molecule has 9 heteroatoms. The highest BCUT2D eigenvalue weighted by Crippen LogP contribution is 2.37. The molecule has 0 N–H and O–H groups in total. The van der Waals surface area contributed by atoms with Gasteiger partial charge in [0.05, 0.1) is 17.4 Å². The summed E-state index contributed by atoms with van der Waals surface area (Å²) >= 11 is 0. The van der Waals surface area contributed by atoms with Gasteiger partial charge in [0.15, 0.2) is 11.9 Å². The van der Waals surface area contributed by atoms with Crippen LogP contribution in [0.5, 0.6) is 11.5 Å². The fourth-order valence-corrected chi connectivity index (χ4v) is 5.52. The first kappa shape index (κ1) is 30.8. The molecule has 0 spiro atoms. The van der Waals surface area contributed by atoms with Crippen LogP contribution in [0.3, 0.4) is 0 Å². The van der Waals surface area contributed by atoms with E-state index >= 15 is 0 Å². The predicted octanol–water partition coefficient (Wildman–Crippen LogP) is 6.28. The Morgan fingerprint density at radius 2 is 1.52 bits per heavy atom. The minimum Gasteiger partial charge on any atom is -0.489 e. The predicted molar refractivity (Wildman–Crippen MR) is 163 cm³/mol. The summed E-state index contributed by atoms with van der Waals surface area (Å²) in [5.74, 6) is -0.869. The minimum absolute atomic E-state index is 0.0426. The van der Waals surface area contributed by atoms with Crippen molar-refractivity contribution in [3.63, 3.8) is 0 Å². The van der Waals surface area contributed by atoms with Crippen LogP contribution in [0, 0.1) is 19.8 Å². The van der Waals surface area contributed by atoms with Gasteiger partial charge in [0.2, 0.25) is 17.5 Å². The molecular weight excluding hydrogens is 564 g/mol. The smallest absolute Gasteiger partial charge is 0.303 e. The van der Waals surface area contributed by atoms with Crippen molar-refractivity contribution in [2.45, 2.75) is 72.8 Å². The van der Waals surface area contributed by atoms with Gasteiger partial charge in [0, 0.05) is 19.4 Å². The molecule has 230 valence electrons. The van der Waals surface area contributed by atoms with Gasteiger partial charge in [-0.1, -0.05) is 43.3 Å². The van der Waals surface area contributed by atoms with E-state index in [9.17, 15) is 14.4 Å².